The predicted octanol–water partition coefficient (Wildman–Crippen LogP) is 4.76. The first-order valence-electron chi connectivity index (χ1n) is 8.13. The van der Waals surface area contributed by atoms with Crippen molar-refractivity contribution in [2.45, 2.75) is 44.6 Å². The van der Waals surface area contributed by atoms with E-state index in [1.165, 1.54) is 23.5 Å². The Morgan fingerprint density at radius 1 is 1.46 bits per heavy atom. The fraction of sp³-hybridized carbons (Fsp3) is 0.444. The van der Waals surface area contributed by atoms with Gasteiger partial charge in [0.1, 0.15) is 10.7 Å². The number of nitrogens with one attached hydrogen (secondary N) is 1. The van der Waals surface area contributed by atoms with Crippen LogP contribution < -0.4 is 5.32 Å². The number of fused-ring (bicyclic) bond motifs is 1. The van der Waals surface area contributed by atoms with Gasteiger partial charge in [0.15, 0.2) is 0 Å². The normalized spacial score (nSPS) is 17.0. The molecule has 128 valence electrons. The van der Waals surface area contributed by atoms with Crippen LogP contribution in [0.25, 0.3) is 0 Å². The van der Waals surface area contributed by atoms with Crippen LogP contribution in [-0.2, 0) is 6.42 Å². The van der Waals surface area contributed by atoms with E-state index in [0.717, 1.165) is 39.8 Å². The Hall–Kier alpha value is -1.40. The SMILES string of the molecule is Cc1nc(CC(C)C)sc1C(=O)NC1CCSc2ccc(F)cc21. The third-order valence-corrected chi connectivity index (χ3v) is 6.25. The van der Waals surface area contributed by atoms with Crippen molar-refractivity contribution >= 4 is 29.0 Å². The Labute approximate surface area is 150 Å². The summed E-state index contributed by atoms with van der Waals surface area (Å²) >= 11 is 3.18. The van der Waals surface area contributed by atoms with Crippen molar-refractivity contribution in [2.24, 2.45) is 5.92 Å². The van der Waals surface area contributed by atoms with Gasteiger partial charge in [0.05, 0.1) is 16.7 Å². The maximum atomic E-state index is 13.6. The molecule has 0 fully saturated rings. The second-order valence-electron chi connectivity index (χ2n) is 6.47. The van der Waals surface area contributed by atoms with Gasteiger partial charge in [-0.05, 0) is 43.0 Å². The molecule has 1 amide bonds. The van der Waals surface area contributed by atoms with E-state index in [4.69, 9.17) is 0 Å². The lowest BCUT2D eigenvalue weighted by atomic mass is 10.0. The number of carbonyl (C=O) groups is 1. The number of amides is 1. The third kappa shape index (κ3) is 3.81. The Kier molecular flexibility index (Phi) is 5.25. The molecule has 1 aliphatic heterocycles. The second kappa shape index (κ2) is 7.23. The molecule has 0 aliphatic carbocycles. The molecule has 3 rings (SSSR count). The molecule has 24 heavy (non-hydrogen) atoms. The Morgan fingerprint density at radius 2 is 2.25 bits per heavy atom. The first kappa shape index (κ1) is 17.4. The van der Waals surface area contributed by atoms with Crippen LogP contribution in [0, 0.1) is 18.7 Å². The van der Waals surface area contributed by atoms with Gasteiger partial charge in [-0.15, -0.1) is 23.1 Å². The molecule has 3 nitrogen and oxygen atoms in total. The zero-order valence-electron chi connectivity index (χ0n) is 14.1. The maximum Gasteiger partial charge on any atom is 0.263 e. The highest BCUT2D eigenvalue weighted by Gasteiger charge is 2.25. The standard InChI is InChI=1S/C18H21FN2OS2/c1-10(2)8-16-20-11(3)17(24-16)18(22)21-14-6-7-23-15-5-4-12(19)9-13(14)15/h4-5,9-10,14H,6-8H2,1-3H3,(H,21,22). The van der Waals surface area contributed by atoms with E-state index in [-0.39, 0.29) is 17.8 Å². The largest absolute Gasteiger partial charge is 0.344 e. The number of nitrogens with zero attached hydrogens (tertiary/aromatic N) is 1. The number of aromatic nitrogens is 1. The molecule has 0 bridgehead atoms. The lowest BCUT2D eigenvalue weighted by molar-refractivity contribution is 0.0938. The van der Waals surface area contributed by atoms with Crippen molar-refractivity contribution in [3.05, 3.63) is 45.2 Å². The summed E-state index contributed by atoms with van der Waals surface area (Å²) < 4.78 is 13.6. The van der Waals surface area contributed by atoms with E-state index in [9.17, 15) is 9.18 Å². The minimum absolute atomic E-state index is 0.105. The average molecular weight is 365 g/mol. The Balaban J connectivity index is 1.79. The molecule has 0 spiro atoms. The van der Waals surface area contributed by atoms with E-state index in [1.54, 1.807) is 17.8 Å². The lowest BCUT2D eigenvalue weighted by Crippen LogP contribution is -2.30. The Morgan fingerprint density at radius 3 is 3.00 bits per heavy atom. The molecule has 0 saturated heterocycles. The van der Waals surface area contributed by atoms with Gasteiger partial charge >= 0.3 is 0 Å². The topological polar surface area (TPSA) is 42.0 Å². The molecule has 0 saturated carbocycles. The number of rotatable bonds is 4. The van der Waals surface area contributed by atoms with Gasteiger partial charge in [-0.1, -0.05) is 13.8 Å². The summed E-state index contributed by atoms with van der Waals surface area (Å²) in [5.41, 5.74) is 1.65. The predicted molar refractivity (Wildman–Crippen MR) is 97.3 cm³/mol. The van der Waals surface area contributed by atoms with Gasteiger partial charge in [-0.3, -0.25) is 4.79 Å². The van der Waals surface area contributed by atoms with Gasteiger partial charge in [-0.25, -0.2) is 9.37 Å². The van der Waals surface area contributed by atoms with E-state index in [0.29, 0.717) is 10.8 Å². The molecule has 1 aromatic heterocycles. The van der Waals surface area contributed by atoms with Gasteiger partial charge in [-0.2, -0.15) is 0 Å². The van der Waals surface area contributed by atoms with Crippen LogP contribution in [0.15, 0.2) is 23.1 Å². The molecular weight excluding hydrogens is 343 g/mol. The van der Waals surface area contributed by atoms with Gasteiger partial charge in [0.25, 0.3) is 5.91 Å². The average Bonchev–Trinajstić information content (AvgIpc) is 2.87. The minimum atomic E-state index is -0.260. The van der Waals surface area contributed by atoms with Crippen LogP contribution in [0.5, 0.6) is 0 Å². The van der Waals surface area contributed by atoms with E-state index in [2.05, 4.69) is 24.1 Å². The minimum Gasteiger partial charge on any atom is -0.344 e. The number of carbonyl (C=O) groups excluding carboxylic acids is 1. The van der Waals surface area contributed by atoms with Crippen molar-refractivity contribution in [1.29, 1.82) is 0 Å². The molecule has 1 aromatic carbocycles. The second-order valence-corrected chi connectivity index (χ2v) is 8.69. The van der Waals surface area contributed by atoms with Gasteiger partial charge in [0.2, 0.25) is 0 Å². The molecule has 6 heteroatoms. The highest BCUT2D eigenvalue weighted by molar-refractivity contribution is 7.99. The molecule has 2 aromatic rings. The fourth-order valence-electron chi connectivity index (χ4n) is 2.84. The van der Waals surface area contributed by atoms with Crippen molar-refractivity contribution in [2.75, 3.05) is 5.75 Å². The zero-order valence-corrected chi connectivity index (χ0v) is 15.7. The maximum absolute atomic E-state index is 13.6. The molecule has 1 unspecified atom stereocenters. The van der Waals surface area contributed by atoms with Crippen molar-refractivity contribution in [3.63, 3.8) is 0 Å². The highest BCUT2D eigenvalue weighted by Crippen LogP contribution is 2.36. The molecule has 1 aliphatic rings. The number of halogens is 1. The van der Waals surface area contributed by atoms with Crippen LogP contribution in [0.4, 0.5) is 4.39 Å². The quantitative estimate of drug-likeness (QED) is 0.851. The van der Waals surface area contributed by atoms with Gasteiger partial charge in [0, 0.05) is 17.1 Å². The molecule has 2 heterocycles. The van der Waals surface area contributed by atoms with E-state index in [1.807, 2.05) is 6.92 Å². The van der Waals surface area contributed by atoms with E-state index < -0.39 is 0 Å². The smallest absolute Gasteiger partial charge is 0.263 e. The van der Waals surface area contributed by atoms with Crippen LogP contribution in [0.1, 0.15) is 52.2 Å². The number of benzene rings is 1. The molecule has 1 atom stereocenters. The van der Waals surface area contributed by atoms with Crippen LogP contribution >= 0.6 is 23.1 Å². The summed E-state index contributed by atoms with van der Waals surface area (Å²) in [5, 5.41) is 4.08. The molecule has 0 radical (unpaired) electrons. The summed E-state index contributed by atoms with van der Waals surface area (Å²) in [4.78, 5) is 18.9. The number of aryl methyl sites for hydroxylation is 1. The monoisotopic (exact) mass is 364 g/mol. The van der Waals surface area contributed by atoms with Crippen LogP contribution in [0.3, 0.4) is 0 Å². The van der Waals surface area contributed by atoms with Crippen molar-refractivity contribution in [3.8, 4) is 0 Å². The van der Waals surface area contributed by atoms with Gasteiger partial charge < -0.3 is 5.32 Å². The first-order chi connectivity index (χ1) is 11.4. The Bertz CT molecular complexity index is 757. The number of hydrogen-bond donors (Lipinski definition) is 1. The van der Waals surface area contributed by atoms with Crippen molar-refractivity contribution in [1.82, 2.24) is 10.3 Å². The van der Waals surface area contributed by atoms with Crippen LogP contribution in [0.2, 0.25) is 0 Å². The van der Waals surface area contributed by atoms with Crippen molar-refractivity contribution < 1.29 is 9.18 Å². The molecule has 1 N–H and O–H groups in total. The summed E-state index contributed by atoms with van der Waals surface area (Å²) in [7, 11) is 0. The number of hydrogen-bond acceptors (Lipinski definition) is 4. The summed E-state index contributed by atoms with van der Waals surface area (Å²) in [5.74, 6) is 1.07. The summed E-state index contributed by atoms with van der Waals surface area (Å²) in [6.45, 7) is 6.16. The summed E-state index contributed by atoms with van der Waals surface area (Å²) in [6, 6.07) is 4.67. The zero-order chi connectivity index (χ0) is 17.3. The fourth-order valence-corrected chi connectivity index (χ4v) is 5.12. The van der Waals surface area contributed by atoms with Crippen LogP contribution in [-0.4, -0.2) is 16.6 Å². The summed E-state index contributed by atoms with van der Waals surface area (Å²) in [6.07, 6.45) is 1.69. The third-order valence-electron chi connectivity index (χ3n) is 3.95. The lowest BCUT2D eigenvalue weighted by Gasteiger charge is -2.25. The number of thiazole rings is 1. The molecular formula is C18H21FN2OS2. The van der Waals surface area contributed by atoms with E-state index >= 15 is 0 Å². The highest BCUT2D eigenvalue weighted by atomic mass is 32.2. The first-order valence-corrected chi connectivity index (χ1v) is 9.93. The number of thioether (sulfide) groups is 1.